The Hall–Kier alpha value is -2.17. The number of fused-ring (bicyclic) bond motifs is 1. The number of imidazole rings is 1. The maximum atomic E-state index is 4.95. The molecule has 0 radical (unpaired) electrons. The van der Waals surface area contributed by atoms with Crippen LogP contribution in [0.2, 0.25) is 0 Å². The van der Waals surface area contributed by atoms with E-state index in [1.807, 2.05) is 6.07 Å². The monoisotopic (exact) mass is 186 g/mol. The summed E-state index contributed by atoms with van der Waals surface area (Å²) in [4.78, 5) is 15.4. The van der Waals surface area contributed by atoms with Crippen LogP contribution in [0.3, 0.4) is 0 Å². The molecule has 0 aromatic carbocycles. The molecular weight excluding hydrogens is 180 g/mol. The van der Waals surface area contributed by atoms with Crippen molar-refractivity contribution in [3.63, 3.8) is 0 Å². The average Bonchev–Trinajstić information content (AvgIpc) is 2.88. The molecule has 0 atom stereocenters. The second kappa shape index (κ2) is 2.66. The van der Waals surface area contributed by atoms with Gasteiger partial charge in [-0.05, 0) is 6.07 Å². The van der Waals surface area contributed by atoms with Crippen LogP contribution in [0, 0.1) is 0 Å². The van der Waals surface area contributed by atoms with Gasteiger partial charge in [-0.15, -0.1) is 0 Å². The van der Waals surface area contributed by atoms with E-state index in [2.05, 4.69) is 19.9 Å². The standard InChI is InChI=1S/C9H6N4O/c1-2-14-4-6(1)8-10-3-7-9(13-8)12-5-11-7/h1-5H,(H,10,11,12,13). The molecule has 0 amide bonds. The largest absolute Gasteiger partial charge is 0.472 e. The Kier molecular flexibility index (Phi) is 1.38. The minimum atomic E-state index is 0.623. The lowest BCUT2D eigenvalue weighted by Gasteiger charge is -1.93. The number of hydrogen-bond acceptors (Lipinski definition) is 4. The van der Waals surface area contributed by atoms with Gasteiger partial charge in [0.25, 0.3) is 0 Å². The van der Waals surface area contributed by atoms with E-state index in [0.717, 1.165) is 11.1 Å². The first kappa shape index (κ1) is 7.25. The van der Waals surface area contributed by atoms with Gasteiger partial charge < -0.3 is 9.40 Å². The van der Waals surface area contributed by atoms with Gasteiger partial charge in [0.15, 0.2) is 11.5 Å². The van der Waals surface area contributed by atoms with E-state index < -0.39 is 0 Å². The van der Waals surface area contributed by atoms with Gasteiger partial charge in [0.1, 0.15) is 11.8 Å². The molecule has 14 heavy (non-hydrogen) atoms. The highest BCUT2D eigenvalue weighted by Crippen LogP contribution is 2.16. The predicted molar refractivity (Wildman–Crippen MR) is 49.4 cm³/mol. The predicted octanol–water partition coefficient (Wildman–Crippen LogP) is 1.61. The molecule has 3 rings (SSSR count). The number of rotatable bonds is 1. The number of aromatic amines is 1. The summed E-state index contributed by atoms with van der Waals surface area (Å²) in [7, 11) is 0. The van der Waals surface area contributed by atoms with E-state index in [4.69, 9.17) is 4.42 Å². The summed E-state index contributed by atoms with van der Waals surface area (Å²) in [6.45, 7) is 0. The molecule has 5 heteroatoms. The topological polar surface area (TPSA) is 67.6 Å². The second-order valence-corrected chi connectivity index (χ2v) is 2.85. The Morgan fingerprint density at radius 2 is 2.29 bits per heavy atom. The lowest BCUT2D eigenvalue weighted by molar-refractivity contribution is 0.568. The number of aromatic nitrogens is 4. The van der Waals surface area contributed by atoms with Crippen LogP contribution in [0.5, 0.6) is 0 Å². The van der Waals surface area contributed by atoms with Gasteiger partial charge in [-0.3, -0.25) is 0 Å². The van der Waals surface area contributed by atoms with Crippen molar-refractivity contribution in [1.29, 1.82) is 0 Å². The van der Waals surface area contributed by atoms with Crippen molar-refractivity contribution in [3.05, 3.63) is 31.1 Å². The molecule has 0 aliphatic heterocycles. The second-order valence-electron chi connectivity index (χ2n) is 2.85. The highest BCUT2D eigenvalue weighted by Gasteiger charge is 2.04. The number of hydrogen-bond donors (Lipinski definition) is 1. The van der Waals surface area contributed by atoms with Crippen LogP contribution in [-0.2, 0) is 0 Å². The van der Waals surface area contributed by atoms with Gasteiger partial charge in [0.2, 0.25) is 0 Å². The molecule has 3 heterocycles. The van der Waals surface area contributed by atoms with Gasteiger partial charge in [0.05, 0.1) is 24.4 Å². The SMILES string of the molecule is c1nc2nc(-c3ccoc3)ncc2[nH]1. The third-order valence-corrected chi connectivity index (χ3v) is 1.95. The molecule has 68 valence electrons. The summed E-state index contributed by atoms with van der Waals surface area (Å²) < 4.78 is 4.95. The van der Waals surface area contributed by atoms with Gasteiger partial charge in [-0.2, -0.15) is 0 Å². The minimum Gasteiger partial charge on any atom is -0.472 e. The van der Waals surface area contributed by atoms with Crippen LogP contribution in [-0.4, -0.2) is 19.9 Å². The van der Waals surface area contributed by atoms with Crippen molar-refractivity contribution >= 4 is 11.2 Å². The highest BCUT2D eigenvalue weighted by molar-refractivity contribution is 5.71. The average molecular weight is 186 g/mol. The smallest absolute Gasteiger partial charge is 0.181 e. The fourth-order valence-corrected chi connectivity index (χ4v) is 1.27. The summed E-state index contributed by atoms with van der Waals surface area (Å²) in [5, 5.41) is 0. The van der Waals surface area contributed by atoms with Crippen molar-refractivity contribution in [2.75, 3.05) is 0 Å². The maximum Gasteiger partial charge on any atom is 0.181 e. The van der Waals surface area contributed by atoms with E-state index in [9.17, 15) is 0 Å². The molecule has 0 aliphatic carbocycles. The fourth-order valence-electron chi connectivity index (χ4n) is 1.27. The lowest BCUT2D eigenvalue weighted by atomic mass is 10.3. The Morgan fingerprint density at radius 3 is 3.14 bits per heavy atom. The molecule has 0 saturated heterocycles. The summed E-state index contributed by atoms with van der Waals surface area (Å²) in [6, 6.07) is 1.81. The van der Waals surface area contributed by atoms with E-state index in [1.54, 1.807) is 25.1 Å². The van der Waals surface area contributed by atoms with Gasteiger partial charge in [-0.1, -0.05) is 0 Å². The van der Waals surface area contributed by atoms with Gasteiger partial charge in [-0.25, -0.2) is 15.0 Å². The van der Waals surface area contributed by atoms with Crippen molar-refractivity contribution in [3.8, 4) is 11.4 Å². The van der Waals surface area contributed by atoms with Crippen molar-refractivity contribution < 1.29 is 4.42 Å². The van der Waals surface area contributed by atoms with Crippen LogP contribution in [0.15, 0.2) is 35.5 Å². The summed E-state index contributed by atoms with van der Waals surface area (Å²) in [6.07, 6.45) is 6.50. The van der Waals surface area contributed by atoms with E-state index in [1.165, 1.54) is 0 Å². The summed E-state index contributed by atoms with van der Waals surface area (Å²) in [5.74, 6) is 0.623. The number of H-pyrrole nitrogens is 1. The first-order chi connectivity index (χ1) is 6.93. The zero-order chi connectivity index (χ0) is 9.38. The van der Waals surface area contributed by atoms with Crippen molar-refractivity contribution in [1.82, 2.24) is 19.9 Å². The molecule has 0 spiro atoms. The Labute approximate surface area is 78.8 Å². The van der Waals surface area contributed by atoms with Crippen molar-refractivity contribution in [2.24, 2.45) is 0 Å². The first-order valence-corrected chi connectivity index (χ1v) is 4.12. The molecule has 3 aromatic rings. The Bertz CT molecular complexity index is 555. The lowest BCUT2D eigenvalue weighted by Crippen LogP contribution is -1.87. The van der Waals surface area contributed by atoms with Crippen LogP contribution >= 0.6 is 0 Å². The Balaban J connectivity index is 2.23. The zero-order valence-corrected chi connectivity index (χ0v) is 7.14. The summed E-state index contributed by atoms with van der Waals surface area (Å²) >= 11 is 0. The van der Waals surface area contributed by atoms with Crippen molar-refractivity contribution in [2.45, 2.75) is 0 Å². The number of furan rings is 1. The number of nitrogens with one attached hydrogen (secondary N) is 1. The van der Waals surface area contributed by atoms with E-state index >= 15 is 0 Å². The molecule has 0 saturated carbocycles. The quantitative estimate of drug-likeness (QED) is 0.626. The highest BCUT2D eigenvalue weighted by atomic mass is 16.3. The maximum absolute atomic E-state index is 4.95. The molecular formula is C9H6N4O. The fraction of sp³-hybridized carbons (Fsp3) is 0. The normalized spacial score (nSPS) is 10.9. The van der Waals surface area contributed by atoms with Crippen LogP contribution < -0.4 is 0 Å². The molecule has 0 aliphatic rings. The van der Waals surface area contributed by atoms with E-state index in [-0.39, 0.29) is 0 Å². The zero-order valence-electron chi connectivity index (χ0n) is 7.14. The van der Waals surface area contributed by atoms with Gasteiger partial charge in [0, 0.05) is 0 Å². The molecule has 0 unspecified atom stereocenters. The third-order valence-electron chi connectivity index (χ3n) is 1.95. The van der Waals surface area contributed by atoms with Crippen LogP contribution in [0.25, 0.3) is 22.6 Å². The molecule has 0 bridgehead atoms. The molecule has 3 aromatic heterocycles. The van der Waals surface area contributed by atoms with E-state index in [0.29, 0.717) is 11.5 Å². The summed E-state index contributed by atoms with van der Waals surface area (Å²) in [5.41, 5.74) is 2.35. The Morgan fingerprint density at radius 1 is 1.29 bits per heavy atom. The van der Waals surface area contributed by atoms with Crippen LogP contribution in [0.1, 0.15) is 0 Å². The first-order valence-electron chi connectivity index (χ1n) is 4.12. The third kappa shape index (κ3) is 0.990. The minimum absolute atomic E-state index is 0.623. The number of nitrogens with zero attached hydrogens (tertiary/aromatic N) is 3. The molecule has 0 fully saturated rings. The van der Waals surface area contributed by atoms with Gasteiger partial charge >= 0.3 is 0 Å². The molecule has 1 N–H and O–H groups in total. The molecule has 5 nitrogen and oxygen atoms in total. The van der Waals surface area contributed by atoms with Crippen LogP contribution in [0.4, 0.5) is 0 Å².